The average Bonchev–Trinajstić information content (AvgIpc) is 2.75. The second-order valence-corrected chi connectivity index (χ2v) is 4.31. The minimum absolute atomic E-state index is 0.486. The third-order valence-electron chi connectivity index (χ3n) is 2.97. The van der Waals surface area contributed by atoms with Gasteiger partial charge in [-0.05, 0) is 19.3 Å². The molecule has 0 aliphatic heterocycles. The number of hydrogen-bond acceptors (Lipinski definition) is 2. The molecule has 0 spiro atoms. The average molecular weight is 212 g/mol. The van der Waals surface area contributed by atoms with Crippen molar-refractivity contribution in [2.45, 2.75) is 51.5 Å². The monoisotopic (exact) mass is 212 g/mol. The van der Waals surface area contributed by atoms with Gasteiger partial charge in [0.05, 0.1) is 6.04 Å². The molecular formula is C11H24N4. The van der Waals surface area contributed by atoms with E-state index in [1.165, 1.54) is 38.5 Å². The topological polar surface area (TPSA) is 53.6 Å². The first kappa shape index (κ1) is 12.3. The van der Waals surface area contributed by atoms with Crippen LogP contribution in [0.3, 0.4) is 0 Å². The normalized spacial score (nSPS) is 18.2. The van der Waals surface area contributed by atoms with Gasteiger partial charge in [-0.2, -0.15) is 0 Å². The van der Waals surface area contributed by atoms with Crippen LogP contribution in [0.4, 0.5) is 0 Å². The number of nitrogens with one attached hydrogen (secondary N) is 1. The summed E-state index contributed by atoms with van der Waals surface area (Å²) >= 11 is 0. The molecule has 0 unspecified atom stereocenters. The van der Waals surface area contributed by atoms with Crippen LogP contribution in [-0.4, -0.2) is 30.5 Å². The lowest BCUT2D eigenvalue weighted by Crippen LogP contribution is -2.43. The van der Waals surface area contributed by atoms with Crippen LogP contribution in [0.15, 0.2) is 4.99 Å². The summed E-state index contributed by atoms with van der Waals surface area (Å²) in [6.45, 7) is 3.21. The highest BCUT2D eigenvalue weighted by Crippen LogP contribution is 2.20. The van der Waals surface area contributed by atoms with Gasteiger partial charge in [-0.25, -0.2) is 10.8 Å². The van der Waals surface area contributed by atoms with Crippen molar-refractivity contribution in [3.8, 4) is 0 Å². The molecule has 1 aliphatic carbocycles. The fourth-order valence-electron chi connectivity index (χ4n) is 1.95. The van der Waals surface area contributed by atoms with E-state index in [9.17, 15) is 0 Å². The first-order chi connectivity index (χ1) is 7.27. The zero-order valence-electron chi connectivity index (χ0n) is 10.00. The Kier molecular flexibility index (Phi) is 5.47. The van der Waals surface area contributed by atoms with Crippen molar-refractivity contribution in [2.24, 2.45) is 10.8 Å². The third-order valence-corrected chi connectivity index (χ3v) is 2.97. The molecule has 0 heterocycles. The van der Waals surface area contributed by atoms with Crippen LogP contribution >= 0.6 is 0 Å². The number of nitrogens with zero attached hydrogens (tertiary/aromatic N) is 2. The molecule has 0 bridgehead atoms. The van der Waals surface area contributed by atoms with Crippen LogP contribution < -0.4 is 11.3 Å². The van der Waals surface area contributed by atoms with E-state index in [0.29, 0.717) is 6.04 Å². The molecule has 0 atom stereocenters. The number of aliphatic imine (C=N–C) groups is 1. The molecule has 4 nitrogen and oxygen atoms in total. The highest BCUT2D eigenvalue weighted by molar-refractivity contribution is 5.79. The van der Waals surface area contributed by atoms with E-state index in [1.54, 1.807) is 0 Å². The highest BCUT2D eigenvalue weighted by Gasteiger charge is 2.15. The molecular weight excluding hydrogens is 188 g/mol. The van der Waals surface area contributed by atoms with Gasteiger partial charge in [0.1, 0.15) is 0 Å². The molecule has 0 amide bonds. The van der Waals surface area contributed by atoms with E-state index in [0.717, 1.165) is 12.5 Å². The highest BCUT2D eigenvalue weighted by atomic mass is 15.4. The largest absolute Gasteiger partial charge is 0.345 e. The second-order valence-electron chi connectivity index (χ2n) is 4.31. The van der Waals surface area contributed by atoms with Gasteiger partial charge in [0.15, 0.2) is 0 Å². The first-order valence-electron chi connectivity index (χ1n) is 6.03. The predicted octanol–water partition coefficient (Wildman–Crippen LogP) is 1.48. The van der Waals surface area contributed by atoms with Gasteiger partial charge >= 0.3 is 0 Å². The molecule has 0 aromatic rings. The Morgan fingerprint density at radius 2 is 2.13 bits per heavy atom. The van der Waals surface area contributed by atoms with Gasteiger partial charge in [-0.3, -0.25) is 5.43 Å². The van der Waals surface area contributed by atoms with Crippen molar-refractivity contribution in [2.75, 3.05) is 13.6 Å². The number of hydrazine groups is 1. The van der Waals surface area contributed by atoms with Crippen molar-refractivity contribution in [1.82, 2.24) is 10.3 Å². The summed E-state index contributed by atoms with van der Waals surface area (Å²) in [5, 5.41) is 0. The van der Waals surface area contributed by atoms with E-state index in [-0.39, 0.29) is 0 Å². The quantitative estimate of drug-likeness (QED) is 0.321. The zero-order chi connectivity index (χ0) is 11.1. The molecule has 1 rings (SSSR count). The van der Waals surface area contributed by atoms with Crippen molar-refractivity contribution >= 4 is 5.96 Å². The summed E-state index contributed by atoms with van der Waals surface area (Å²) in [7, 11) is 2.04. The molecule has 1 aliphatic rings. The Balaban J connectivity index is 2.44. The fraction of sp³-hybridized carbons (Fsp3) is 0.909. The van der Waals surface area contributed by atoms with Crippen molar-refractivity contribution < 1.29 is 0 Å². The van der Waals surface area contributed by atoms with E-state index in [4.69, 9.17) is 5.84 Å². The maximum atomic E-state index is 5.50. The Bertz CT molecular complexity index is 197. The minimum Gasteiger partial charge on any atom is -0.345 e. The summed E-state index contributed by atoms with van der Waals surface area (Å²) in [6.07, 6.45) is 7.43. The van der Waals surface area contributed by atoms with E-state index in [1.807, 2.05) is 7.05 Å². The standard InChI is InChI=1S/C11H24N4/c1-3-4-9-15(2)11(14-12)13-10-7-5-6-8-10/h10H,3-9,12H2,1-2H3,(H,13,14). The van der Waals surface area contributed by atoms with Crippen LogP contribution in [0.1, 0.15) is 45.4 Å². The number of guanidine groups is 1. The Morgan fingerprint density at radius 1 is 1.47 bits per heavy atom. The Labute approximate surface area is 92.9 Å². The summed E-state index contributed by atoms with van der Waals surface area (Å²) in [4.78, 5) is 6.77. The van der Waals surface area contributed by atoms with E-state index in [2.05, 4.69) is 22.2 Å². The maximum Gasteiger partial charge on any atom is 0.208 e. The van der Waals surface area contributed by atoms with Gasteiger partial charge in [0.2, 0.25) is 5.96 Å². The Morgan fingerprint density at radius 3 is 2.67 bits per heavy atom. The fourth-order valence-corrected chi connectivity index (χ4v) is 1.95. The Hall–Kier alpha value is -0.770. The molecule has 15 heavy (non-hydrogen) atoms. The lowest BCUT2D eigenvalue weighted by Gasteiger charge is -2.21. The van der Waals surface area contributed by atoms with Gasteiger partial charge in [0.25, 0.3) is 0 Å². The summed E-state index contributed by atoms with van der Waals surface area (Å²) in [5.41, 5.74) is 2.71. The second kappa shape index (κ2) is 6.67. The molecule has 0 radical (unpaired) electrons. The molecule has 4 heteroatoms. The van der Waals surface area contributed by atoms with Crippen molar-refractivity contribution in [3.05, 3.63) is 0 Å². The van der Waals surface area contributed by atoms with Crippen molar-refractivity contribution in [1.29, 1.82) is 0 Å². The molecule has 0 aromatic heterocycles. The molecule has 88 valence electrons. The SMILES string of the molecule is CCCCN(C)C(=NC1CCCC1)NN. The van der Waals surface area contributed by atoms with Gasteiger partial charge in [0, 0.05) is 13.6 Å². The number of rotatable bonds is 4. The van der Waals surface area contributed by atoms with Gasteiger partial charge < -0.3 is 4.90 Å². The molecule has 1 saturated carbocycles. The number of unbranched alkanes of at least 4 members (excludes halogenated alkanes) is 1. The summed E-state index contributed by atoms with van der Waals surface area (Å²) in [6, 6.07) is 0.486. The predicted molar refractivity (Wildman–Crippen MR) is 64.6 cm³/mol. The number of nitrogens with two attached hydrogens (primary N) is 1. The zero-order valence-corrected chi connectivity index (χ0v) is 10.00. The first-order valence-corrected chi connectivity index (χ1v) is 6.03. The minimum atomic E-state index is 0.486. The molecule has 1 fully saturated rings. The summed E-state index contributed by atoms with van der Waals surface area (Å²) < 4.78 is 0. The van der Waals surface area contributed by atoms with Crippen LogP contribution in [0, 0.1) is 0 Å². The van der Waals surface area contributed by atoms with Crippen LogP contribution in [0.5, 0.6) is 0 Å². The number of hydrogen-bond donors (Lipinski definition) is 2. The molecule has 0 saturated heterocycles. The van der Waals surface area contributed by atoms with E-state index >= 15 is 0 Å². The van der Waals surface area contributed by atoms with Crippen molar-refractivity contribution in [3.63, 3.8) is 0 Å². The lowest BCUT2D eigenvalue weighted by molar-refractivity contribution is 0.460. The third kappa shape index (κ3) is 4.08. The maximum absolute atomic E-state index is 5.50. The lowest BCUT2D eigenvalue weighted by atomic mass is 10.3. The van der Waals surface area contributed by atoms with Crippen LogP contribution in [0.2, 0.25) is 0 Å². The van der Waals surface area contributed by atoms with Gasteiger partial charge in [-0.15, -0.1) is 0 Å². The molecule has 3 N–H and O–H groups in total. The van der Waals surface area contributed by atoms with E-state index < -0.39 is 0 Å². The molecule has 0 aromatic carbocycles. The van der Waals surface area contributed by atoms with Crippen LogP contribution in [0.25, 0.3) is 0 Å². The smallest absolute Gasteiger partial charge is 0.208 e. The van der Waals surface area contributed by atoms with Gasteiger partial charge in [-0.1, -0.05) is 26.2 Å². The summed E-state index contributed by atoms with van der Waals surface area (Å²) in [5.74, 6) is 6.34. The van der Waals surface area contributed by atoms with Crippen LogP contribution in [-0.2, 0) is 0 Å².